The van der Waals surface area contributed by atoms with Gasteiger partial charge in [0.15, 0.2) is 11.5 Å². The first-order chi connectivity index (χ1) is 15.9. The fourth-order valence-electron chi connectivity index (χ4n) is 4.24. The molecule has 0 radical (unpaired) electrons. The van der Waals surface area contributed by atoms with E-state index in [0.29, 0.717) is 31.7 Å². The van der Waals surface area contributed by atoms with E-state index >= 15 is 0 Å². The molecule has 1 aliphatic rings. The number of nitrogens with two attached hydrogens (primary N) is 1. The fraction of sp³-hybridized carbons (Fsp3) is 0.480. The Morgan fingerprint density at radius 3 is 2.82 bits per heavy atom. The molecule has 1 aliphatic heterocycles. The van der Waals surface area contributed by atoms with Gasteiger partial charge in [-0.3, -0.25) is 4.79 Å². The molecule has 0 spiro atoms. The van der Waals surface area contributed by atoms with Crippen molar-refractivity contribution < 1.29 is 19.4 Å². The number of aliphatic hydroxyl groups excluding tert-OH is 1. The number of hydrogen-bond acceptors (Lipinski definition) is 6. The zero-order chi connectivity index (χ0) is 23.8. The van der Waals surface area contributed by atoms with Crippen molar-refractivity contribution in [3.8, 4) is 11.5 Å². The van der Waals surface area contributed by atoms with E-state index in [1.807, 2.05) is 31.2 Å². The number of hydrogen-bond donors (Lipinski definition) is 3. The van der Waals surface area contributed by atoms with Crippen LogP contribution in [0.5, 0.6) is 11.5 Å². The molecule has 4 N–H and O–H groups in total. The first-order valence-corrected chi connectivity index (χ1v) is 12.3. The van der Waals surface area contributed by atoms with Crippen molar-refractivity contribution in [2.24, 2.45) is 5.73 Å². The van der Waals surface area contributed by atoms with E-state index in [4.69, 9.17) is 20.3 Å². The minimum absolute atomic E-state index is 0.136. The van der Waals surface area contributed by atoms with Crippen molar-refractivity contribution in [1.82, 2.24) is 5.32 Å². The highest BCUT2D eigenvalue weighted by atomic mass is 79.9. The van der Waals surface area contributed by atoms with Gasteiger partial charge in [0.25, 0.3) is 5.91 Å². The molecule has 3 rings (SSSR count). The number of carbonyl (C=O) groups excluding carboxylic acids is 1. The monoisotopic (exact) mass is 519 g/mol. The Morgan fingerprint density at radius 1 is 1.27 bits per heavy atom. The Hall–Kier alpha value is -2.29. The Morgan fingerprint density at radius 2 is 2.09 bits per heavy atom. The Bertz CT molecular complexity index is 953. The van der Waals surface area contributed by atoms with Gasteiger partial charge in [0, 0.05) is 36.8 Å². The van der Waals surface area contributed by atoms with Crippen molar-refractivity contribution in [3.63, 3.8) is 0 Å². The van der Waals surface area contributed by atoms with Crippen LogP contribution in [0.1, 0.15) is 41.8 Å². The van der Waals surface area contributed by atoms with Crippen LogP contribution in [-0.2, 0) is 12.8 Å². The number of aliphatic hydroxyl groups is 1. The van der Waals surface area contributed by atoms with Gasteiger partial charge >= 0.3 is 0 Å². The molecule has 1 atom stereocenters. The van der Waals surface area contributed by atoms with E-state index in [9.17, 15) is 4.79 Å². The number of benzene rings is 2. The van der Waals surface area contributed by atoms with Gasteiger partial charge in [-0.2, -0.15) is 0 Å². The average molecular weight is 520 g/mol. The minimum Gasteiger partial charge on any atom is -0.490 e. The largest absolute Gasteiger partial charge is 0.490 e. The van der Waals surface area contributed by atoms with Gasteiger partial charge in [-0.05, 0) is 68.5 Å². The van der Waals surface area contributed by atoms with Crippen LogP contribution in [-0.4, -0.2) is 56.5 Å². The molecule has 1 heterocycles. The zero-order valence-electron chi connectivity index (χ0n) is 19.4. The van der Waals surface area contributed by atoms with Crippen molar-refractivity contribution in [3.05, 3.63) is 51.5 Å². The zero-order valence-corrected chi connectivity index (χ0v) is 21.0. The number of halogens is 1. The molecule has 180 valence electrons. The summed E-state index contributed by atoms with van der Waals surface area (Å²) in [5, 5.41) is 12.6. The highest BCUT2D eigenvalue weighted by molar-refractivity contribution is 9.10. The molecule has 0 saturated carbocycles. The highest BCUT2D eigenvalue weighted by Crippen LogP contribution is 2.34. The summed E-state index contributed by atoms with van der Waals surface area (Å²) in [6.07, 6.45) is 2.35. The van der Waals surface area contributed by atoms with Gasteiger partial charge in [-0.25, -0.2) is 0 Å². The molecule has 0 aromatic heterocycles. The van der Waals surface area contributed by atoms with Crippen LogP contribution >= 0.6 is 15.9 Å². The van der Waals surface area contributed by atoms with E-state index in [0.717, 1.165) is 58.7 Å². The third-order valence-electron chi connectivity index (χ3n) is 5.67. The highest BCUT2D eigenvalue weighted by Gasteiger charge is 2.25. The van der Waals surface area contributed by atoms with Gasteiger partial charge in [-0.1, -0.05) is 22.0 Å². The van der Waals surface area contributed by atoms with E-state index in [1.54, 1.807) is 0 Å². The number of nitrogens with zero attached hydrogens (tertiary/aromatic N) is 1. The first kappa shape index (κ1) is 25.3. The molecule has 1 amide bonds. The summed E-state index contributed by atoms with van der Waals surface area (Å²) in [5.41, 5.74) is 9.48. The summed E-state index contributed by atoms with van der Waals surface area (Å²) in [7, 11) is 0. The lowest BCUT2D eigenvalue weighted by Gasteiger charge is -2.22. The summed E-state index contributed by atoms with van der Waals surface area (Å²) in [6, 6.07) is 10.1. The van der Waals surface area contributed by atoms with E-state index in [-0.39, 0.29) is 12.6 Å². The summed E-state index contributed by atoms with van der Waals surface area (Å²) in [6.45, 7) is 7.56. The van der Waals surface area contributed by atoms with E-state index < -0.39 is 5.91 Å². The van der Waals surface area contributed by atoms with Crippen molar-refractivity contribution in [2.45, 2.75) is 39.2 Å². The summed E-state index contributed by atoms with van der Waals surface area (Å²) >= 11 is 3.46. The van der Waals surface area contributed by atoms with Crippen LogP contribution in [0, 0.1) is 0 Å². The minimum atomic E-state index is -0.405. The molecule has 0 bridgehead atoms. The number of anilines is 1. The normalized spacial score (nSPS) is 13.6. The van der Waals surface area contributed by atoms with Gasteiger partial charge < -0.3 is 30.5 Å². The lowest BCUT2D eigenvalue weighted by atomic mass is 9.98. The summed E-state index contributed by atoms with van der Waals surface area (Å²) in [4.78, 5) is 14.3. The smallest absolute Gasteiger partial charge is 0.250 e. The number of primary amides is 1. The quantitative estimate of drug-likeness (QED) is 0.351. The molecule has 0 unspecified atom stereocenters. The van der Waals surface area contributed by atoms with Gasteiger partial charge in [-0.15, -0.1) is 0 Å². The van der Waals surface area contributed by atoms with Gasteiger partial charge in [0.1, 0.15) is 6.61 Å². The second-order valence-electron chi connectivity index (χ2n) is 8.26. The molecule has 0 saturated heterocycles. The lowest BCUT2D eigenvalue weighted by Crippen LogP contribution is -2.32. The average Bonchev–Trinajstić information content (AvgIpc) is 3.18. The summed E-state index contributed by atoms with van der Waals surface area (Å²) < 4.78 is 12.5. The number of carbonyl (C=O) groups is 1. The number of ether oxygens (including phenoxy) is 2. The lowest BCUT2D eigenvalue weighted by molar-refractivity contribution is 0.100. The maximum Gasteiger partial charge on any atom is 0.250 e. The number of fused-ring (bicyclic) bond motifs is 1. The topological polar surface area (TPSA) is 97.1 Å². The van der Waals surface area contributed by atoms with Gasteiger partial charge in [0.2, 0.25) is 0 Å². The summed E-state index contributed by atoms with van der Waals surface area (Å²) in [5.74, 6) is 1.05. The van der Waals surface area contributed by atoms with Crippen LogP contribution < -0.4 is 25.4 Å². The Balaban J connectivity index is 1.56. The first-order valence-electron chi connectivity index (χ1n) is 11.5. The number of amides is 1. The molecule has 8 heteroatoms. The third-order valence-corrected chi connectivity index (χ3v) is 6.16. The standard InChI is InChI=1S/C25H34BrN3O4/c1-3-32-23-16-20(26)5-6-22(23)33-12-8-28-17(2)13-18-14-19-7-10-29(9-4-11-30)24(19)21(15-18)25(27)31/h5-6,14-17,28,30H,3-4,7-13H2,1-2H3,(H2,27,31)/t17-/m1/s1. The Labute approximate surface area is 204 Å². The van der Waals surface area contributed by atoms with Crippen LogP contribution in [0.15, 0.2) is 34.8 Å². The van der Waals surface area contributed by atoms with Crippen LogP contribution in [0.25, 0.3) is 0 Å². The van der Waals surface area contributed by atoms with Crippen LogP contribution in [0.2, 0.25) is 0 Å². The van der Waals surface area contributed by atoms with Crippen LogP contribution in [0.4, 0.5) is 5.69 Å². The molecule has 2 aromatic rings. The molecule has 0 aliphatic carbocycles. The fourth-order valence-corrected chi connectivity index (χ4v) is 4.58. The van der Waals surface area contributed by atoms with Crippen LogP contribution in [0.3, 0.4) is 0 Å². The van der Waals surface area contributed by atoms with Crippen molar-refractivity contribution in [2.75, 3.05) is 44.4 Å². The SMILES string of the molecule is CCOc1cc(Br)ccc1OCCN[C@H](C)Cc1cc2c(c(C(N)=O)c1)N(CCCO)CC2. The molecule has 2 aromatic carbocycles. The number of rotatable bonds is 13. The molecule has 0 fully saturated rings. The second kappa shape index (κ2) is 12.3. The predicted molar refractivity (Wildman–Crippen MR) is 135 cm³/mol. The molecular formula is C25H34BrN3O4. The van der Waals surface area contributed by atoms with Crippen molar-refractivity contribution >= 4 is 27.5 Å². The Kier molecular flexibility index (Phi) is 9.41. The predicted octanol–water partition coefficient (Wildman–Crippen LogP) is 3.29. The van der Waals surface area contributed by atoms with E-state index in [1.165, 1.54) is 0 Å². The van der Waals surface area contributed by atoms with Gasteiger partial charge in [0.05, 0.1) is 17.9 Å². The molecule has 33 heavy (non-hydrogen) atoms. The number of nitrogens with one attached hydrogen (secondary N) is 1. The second-order valence-corrected chi connectivity index (χ2v) is 9.18. The maximum atomic E-state index is 12.2. The molecule has 7 nitrogen and oxygen atoms in total. The maximum absolute atomic E-state index is 12.2. The van der Waals surface area contributed by atoms with E-state index in [2.05, 4.69) is 39.1 Å². The van der Waals surface area contributed by atoms with Crippen molar-refractivity contribution in [1.29, 1.82) is 0 Å². The third kappa shape index (κ3) is 6.85. The molecular weight excluding hydrogens is 486 g/mol.